The standard InChI is InChI=1S/C20H14N6O7S/c27-20-19(15-10-13(25(28)29)6-8-16(15)21-20)23-22-17-9-7-14(11-18(17)26(30)31)34(32,33)24-12-4-2-1-3-5-12/h1-11,21,24,27H. The number of nitro groups is 2. The van der Waals surface area contributed by atoms with Gasteiger partial charge in [-0.2, -0.15) is 0 Å². The normalized spacial score (nSPS) is 11.6. The average molecular weight is 482 g/mol. The summed E-state index contributed by atoms with van der Waals surface area (Å²) in [6, 6.07) is 14.8. The lowest BCUT2D eigenvalue weighted by atomic mass is 10.2. The minimum atomic E-state index is -4.13. The first-order valence-corrected chi connectivity index (χ1v) is 10.9. The number of nitrogens with one attached hydrogen (secondary N) is 2. The SMILES string of the molecule is O=[N+]([O-])c1ccc2[nH]c(O)c(N=Nc3ccc(S(=O)(=O)Nc4ccccc4)cc3[N+](=O)[O-])c2c1. The molecular formula is C20H14N6O7S. The number of benzene rings is 3. The fourth-order valence-corrected chi connectivity index (χ4v) is 4.17. The van der Waals surface area contributed by atoms with Crippen molar-refractivity contribution >= 4 is 49.4 Å². The number of sulfonamides is 1. The summed E-state index contributed by atoms with van der Waals surface area (Å²) in [4.78, 5) is 23.4. The van der Waals surface area contributed by atoms with Crippen molar-refractivity contribution in [3.8, 4) is 5.88 Å². The molecule has 172 valence electrons. The summed E-state index contributed by atoms with van der Waals surface area (Å²) in [5.41, 5.74) is -0.754. The number of para-hydroxylation sites is 1. The van der Waals surface area contributed by atoms with E-state index in [4.69, 9.17) is 0 Å². The van der Waals surface area contributed by atoms with Crippen molar-refractivity contribution in [1.29, 1.82) is 0 Å². The van der Waals surface area contributed by atoms with Crippen LogP contribution < -0.4 is 4.72 Å². The molecule has 0 spiro atoms. The molecule has 13 nitrogen and oxygen atoms in total. The van der Waals surface area contributed by atoms with Gasteiger partial charge in [0.1, 0.15) is 0 Å². The molecule has 0 unspecified atom stereocenters. The Morgan fingerprint density at radius 2 is 1.65 bits per heavy atom. The van der Waals surface area contributed by atoms with Gasteiger partial charge in [0.15, 0.2) is 11.4 Å². The van der Waals surface area contributed by atoms with Crippen LogP contribution in [0.2, 0.25) is 0 Å². The van der Waals surface area contributed by atoms with Gasteiger partial charge < -0.3 is 10.1 Å². The van der Waals surface area contributed by atoms with Crippen molar-refractivity contribution in [2.75, 3.05) is 4.72 Å². The van der Waals surface area contributed by atoms with Gasteiger partial charge in [-0.1, -0.05) is 18.2 Å². The molecule has 0 aliphatic heterocycles. The third-order valence-corrected chi connectivity index (χ3v) is 6.06. The number of fused-ring (bicyclic) bond motifs is 1. The first-order chi connectivity index (χ1) is 16.2. The van der Waals surface area contributed by atoms with Crippen LogP contribution in [0.3, 0.4) is 0 Å². The van der Waals surface area contributed by atoms with Gasteiger partial charge in [-0.05, 0) is 30.3 Å². The highest BCUT2D eigenvalue weighted by Gasteiger charge is 2.22. The average Bonchev–Trinajstić information content (AvgIpc) is 3.11. The highest BCUT2D eigenvalue weighted by Crippen LogP contribution is 2.39. The third kappa shape index (κ3) is 4.37. The first-order valence-electron chi connectivity index (χ1n) is 9.43. The topological polar surface area (TPSA) is 193 Å². The van der Waals surface area contributed by atoms with Crippen LogP contribution in [0.4, 0.5) is 28.4 Å². The van der Waals surface area contributed by atoms with Gasteiger partial charge >= 0.3 is 0 Å². The summed E-state index contributed by atoms with van der Waals surface area (Å²) in [6.07, 6.45) is 0. The van der Waals surface area contributed by atoms with E-state index in [1.54, 1.807) is 18.2 Å². The Bertz CT molecular complexity index is 1570. The van der Waals surface area contributed by atoms with Crippen LogP contribution in [0.15, 0.2) is 81.9 Å². The molecule has 34 heavy (non-hydrogen) atoms. The lowest BCUT2D eigenvalue weighted by molar-refractivity contribution is -0.384. The van der Waals surface area contributed by atoms with E-state index in [-0.39, 0.29) is 33.0 Å². The van der Waals surface area contributed by atoms with E-state index in [2.05, 4.69) is 19.9 Å². The Balaban J connectivity index is 1.72. The lowest BCUT2D eigenvalue weighted by Crippen LogP contribution is -2.13. The molecule has 0 saturated heterocycles. The summed E-state index contributed by atoms with van der Waals surface area (Å²) >= 11 is 0. The van der Waals surface area contributed by atoms with Gasteiger partial charge in [0.05, 0.1) is 20.3 Å². The molecule has 0 radical (unpaired) electrons. The molecule has 0 aliphatic carbocycles. The van der Waals surface area contributed by atoms with E-state index >= 15 is 0 Å². The van der Waals surface area contributed by atoms with Gasteiger partial charge in [-0.15, -0.1) is 10.2 Å². The number of aromatic hydroxyl groups is 1. The number of anilines is 1. The molecule has 4 rings (SSSR count). The quantitative estimate of drug-likeness (QED) is 0.189. The van der Waals surface area contributed by atoms with Crippen LogP contribution in [0.25, 0.3) is 10.9 Å². The Labute approximate surface area is 190 Å². The molecular weight excluding hydrogens is 468 g/mol. The van der Waals surface area contributed by atoms with Crippen LogP contribution in [0.5, 0.6) is 5.88 Å². The number of hydrogen-bond donors (Lipinski definition) is 3. The van der Waals surface area contributed by atoms with E-state index in [1.807, 2.05) is 0 Å². The molecule has 4 aromatic rings. The molecule has 3 N–H and O–H groups in total. The van der Waals surface area contributed by atoms with E-state index in [1.165, 1.54) is 30.3 Å². The lowest BCUT2D eigenvalue weighted by Gasteiger charge is -2.08. The largest absolute Gasteiger partial charge is 0.493 e. The van der Waals surface area contributed by atoms with Crippen LogP contribution in [0.1, 0.15) is 0 Å². The second kappa shape index (κ2) is 8.59. The molecule has 1 heterocycles. The minimum absolute atomic E-state index is 0.171. The van der Waals surface area contributed by atoms with Crippen molar-refractivity contribution in [3.63, 3.8) is 0 Å². The maximum atomic E-state index is 12.6. The van der Waals surface area contributed by atoms with Gasteiger partial charge in [-0.3, -0.25) is 25.0 Å². The third-order valence-electron chi connectivity index (χ3n) is 4.68. The zero-order valence-electron chi connectivity index (χ0n) is 16.9. The van der Waals surface area contributed by atoms with Gasteiger partial charge in [-0.25, -0.2) is 8.42 Å². The highest BCUT2D eigenvalue weighted by molar-refractivity contribution is 7.92. The highest BCUT2D eigenvalue weighted by atomic mass is 32.2. The Morgan fingerprint density at radius 3 is 2.32 bits per heavy atom. The van der Waals surface area contributed by atoms with Crippen molar-refractivity contribution in [1.82, 2.24) is 4.98 Å². The molecule has 1 aromatic heterocycles. The van der Waals surface area contributed by atoms with Gasteiger partial charge in [0, 0.05) is 29.3 Å². The van der Waals surface area contributed by atoms with Crippen LogP contribution >= 0.6 is 0 Å². The number of aromatic nitrogens is 1. The molecule has 0 aliphatic rings. The second-order valence-corrected chi connectivity index (χ2v) is 8.57. The van der Waals surface area contributed by atoms with E-state index in [9.17, 15) is 33.8 Å². The van der Waals surface area contributed by atoms with E-state index < -0.39 is 31.4 Å². The van der Waals surface area contributed by atoms with Crippen molar-refractivity contribution in [2.45, 2.75) is 4.90 Å². The zero-order valence-corrected chi connectivity index (χ0v) is 17.8. The number of H-pyrrole nitrogens is 1. The maximum absolute atomic E-state index is 12.6. The smallest absolute Gasteiger partial charge is 0.298 e. The second-order valence-electron chi connectivity index (χ2n) is 6.89. The minimum Gasteiger partial charge on any atom is -0.493 e. The van der Waals surface area contributed by atoms with Crippen LogP contribution in [0, 0.1) is 20.2 Å². The Hall–Kier alpha value is -4.85. The van der Waals surface area contributed by atoms with Gasteiger partial charge in [0.25, 0.3) is 21.4 Å². The Morgan fingerprint density at radius 1 is 0.912 bits per heavy atom. The monoisotopic (exact) mass is 482 g/mol. The molecule has 0 saturated carbocycles. The van der Waals surface area contributed by atoms with Crippen LogP contribution in [-0.2, 0) is 10.0 Å². The van der Waals surface area contributed by atoms with Crippen LogP contribution in [-0.4, -0.2) is 28.4 Å². The first kappa shape index (κ1) is 22.3. The number of nitro benzene ring substituents is 2. The number of nitrogens with zero attached hydrogens (tertiary/aromatic N) is 4. The molecule has 14 heteroatoms. The molecule has 0 fully saturated rings. The van der Waals surface area contributed by atoms with Crippen molar-refractivity contribution in [2.24, 2.45) is 10.2 Å². The number of hydrogen-bond acceptors (Lipinski definition) is 9. The number of aromatic amines is 1. The molecule has 0 amide bonds. The van der Waals surface area contributed by atoms with E-state index in [0.717, 1.165) is 18.2 Å². The fraction of sp³-hybridized carbons (Fsp3) is 0. The number of rotatable bonds is 7. The zero-order chi connectivity index (χ0) is 24.5. The summed E-state index contributed by atoms with van der Waals surface area (Å²) < 4.78 is 27.6. The summed E-state index contributed by atoms with van der Waals surface area (Å²) in [7, 11) is -4.13. The summed E-state index contributed by atoms with van der Waals surface area (Å²) in [6.45, 7) is 0. The van der Waals surface area contributed by atoms with Crippen molar-refractivity contribution < 1.29 is 23.4 Å². The summed E-state index contributed by atoms with van der Waals surface area (Å²) in [5.74, 6) is -0.451. The van der Waals surface area contributed by atoms with E-state index in [0.29, 0.717) is 5.52 Å². The molecule has 0 atom stereocenters. The summed E-state index contributed by atoms with van der Waals surface area (Å²) in [5, 5.41) is 40.5. The number of non-ortho nitro benzene ring substituents is 1. The molecule has 3 aromatic carbocycles. The molecule has 0 bridgehead atoms. The fourth-order valence-electron chi connectivity index (χ4n) is 3.09. The van der Waals surface area contributed by atoms with Crippen molar-refractivity contribution in [3.05, 3.63) is 87.0 Å². The predicted octanol–water partition coefficient (Wildman–Crippen LogP) is 4.91. The maximum Gasteiger partial charge on any atom is 0.298 e. The predicted molar refractivity (Wildman–Crippen MR) is 121 cm³/mol. The van der Waals surface area contributed by atoms with Gasteiger partial charge in [0.2, 0.25) is 5.88 Å². The number of azo groups is 1. The Kier molecular flexibility index (Phi) is 5.65.